The second-order valence-electron chi connectivity index (χ2n) is 5.56. The van der Waals surface area contributed by atoms with Crippen LogP contribution in [0, 0.1) is 0 Å². The first-order valence-electron chi connectivity index (χ1n) is 7.63. The van der Waals surface area contributed by atoms with Crippen molar-refractivity contribution in [2.24, 2.45) is 0 Å². The molecule has 0 saturated carbocycles. The molecule has 0 fully saturated rings. The largest absolute Gasteiger partial charge is 0.507 e. The smallest absolute Gasteiger partial charge is 0.417 e. The normalized spacial score (nSPS) is 12.0. The number of rotatable bonds is 4. The van der Waals surface area contributed by atoms with Crippen LogP contribution in [0.1, 0.15) is 5.56 Å². The molecule has 0 spiro atoms. The van der Waals surface area contributed by atoms with Crippen LogP contribution in [0.25, 0.3) is 0 Å². The van der Waals surface area contributed by atoms with Crippen molar-refractivity contribution in [3.05, 3.63) is 71.4 Å². The SMILES string of the molecule is O=S(=O)(c1ccccc1)c1cc(Oc2ncc(C(F)(F)F)cc2Cl)ccc1O. The molecule has 0 saturated heterocycles. The van der Waals surface area contributed by atoms with Crippen molar-refractivity contribution >= 4 is 21.4 Å². The van der Waals surface area contributed by atoms with Crippen LogP contribution >= 0.6 is 11.6 Å². The molecule has 0 aliphatic carbocycles. The van der Waals surface area contributed by atoms with Crippen LogP contribution in [0.4, 0.5) is 13.2 Å². The van der Waals surface area contributed by atoms with Gasteiger partial charge in [0.25, 0.3) is 0 Å². The van der Waals surface area contributed by atoms with E-state index in [9.17, 15) is 26.7 Å². The second kappa shape index (κ2) is 7.33. The van der Waals surface area contributed by atoms with Gasteiger partial charge in [0.15, 0.2) is 0 Å². The number of aromatic hydroxyl groups is 1. The maximum absolute atomic E-state index is 12.7. The molecular formula is C18H11ClF3NO4S. The molecule has 28 heavy (non-hydrogen) atoms. The fraction of sp³-hybridized carbons (Fsp3) is 0.0556. The van der Waals surface area contributed by atoms with E-state index in [2.05, 4.69) is 4.98 Å². The van der Waals surface area contributed by atoms with Crippen molar-refractivity contribution in [3.8, 4) is 17.4 Å². The lowest BCUT2D eigenvalue weighted by Crippen LogP contribution is -2.06. The van der Waals surface area contributed by atoms with Gasteiger partial charge in [-0.2, -0.15) is 13.2 Å². The molecule has 5 nitrogen and oxygen atoms in total. The number of benzene rings is 2. The fourth-order valence-electron chi connectivity index (χ4n) is 2.27. The van der Waals surface area contributed by atoms with Gasteiger partial charge in [-0.3, -0.25) is 0 Å². The van der Waals surface area contributed by atoms with Gasteiger partial charge in [-0.1, -0.05) is 29.8 Å². The number of hydrogen-bond acceptors (Lipinski definition) is 5. The van der Waals surface area contributed by atoms with E-state index < -0.39 is 37.2 Å². The Labute approximate surface area is 162 Å². The first-order valence-corrected chi connectivity index (χ1v) is 9.49. The first kappa shape index (κ1) is 20.0. The Morgan fingerprint density at radius 3 is 2.32 bits per heavy atom. The molecule has 3 aromatic rings. The molecule has 0 radical (unpaired) electrons. The highest BCUT2D eigenvalue weighted by Gasteiger charge is 2.32. The standard InChI is InChI=1S/C18H11ClF3NO4S/c19-14-8-11(18(20,21)22)10-23-17(14)27-12-6-7-15(24)16(9-12)28(25,26)13-4-2-1-3-5-13/h1-10,24H. The van der Waals surface area contributed by atoms with E-state index in [4.69, 9.17) is 16.3 Å². The molecule has 0 atom stereocenters. The van der Waals surface area contributed by atoms with E-state index in [0.717, 1.165) is 12.1 Å². The minimum absolute atomic E-state index is 0.0480. The predicted molar refractivity (Wildman–Crippen MR) is 94.3 cm³/mol. The number of ether oxygens (including phenoxy) is 1. The van der Waals surface area contributed by atoms with E-state index >= 15 is 0 Å². The van der Waals surface area contributed by atoms with E-state index in [-0.39, 0.29) is 16.5 Å². The van der Waals surface area contributed by atoms with Gasteiger partial charge in [0, 0.05) is 12.3 Å². The zero-order valence-corrected chi connectivity index (χ0v) is 15.4. The Morgan fingerprint density at radius 1 is 1.04 bits per heavy atom. The lowest BCUT2D eigenvalue weighted by atomic mass is 10.3. The number of phenolic OH excluding ortho intramolecular Hbond substituents is 1. The maximum Gasteiger partial charge on any atom is 0.417 e. The van der Waals surface area contributed by atoms with Crippen LogP contribution in [0.5, 0.6) is 17.4 Å². The van der Waals surface area contributed by atoms with Crippen molar-refractivity contribution < 1.29 is 31.4 Å². The molecule has 1 aromatic heterocycles. The molecule has 0 amide bonds. The van der Waals surface area contributed by atoms with Crippen LogP contribution in [0.15, 0.2) is 70.6 Å². The summed E-state index contributed by atoms with van der Waals surface area (Å²) in [6, 6.07) is 11.4. The van der Waals surface area contributed by atoms with Crippen LogP contribution in [0.3, 0.4) is 0 Å². The van der Waals surface area contributed by atoms with E-state index in [1.54, 1.807) is 6.07 Å². The molecule has 1 N–H and O–H groups in total. The van der Waals surface area contributed by atoms with Gasteiger partial charge in [-0.15, -0.1) is 0 Å². The highest BCUT2D eigenvalue weighted by Crippen LogP contribution is 2.37. The quantitative estimate of drug-likeness (QED) is 0.625. The third kappa shape index (κ3) is 4.05. The van der Waals surface area contributed by atoms with Crippen molar-refractivity contribution in [3.63, 3.8) is 0 Å². The van der Waals surface area contributed by atoms with Gasteiger partial charge in [0.05, 0.1) is 10.5 Å². The summed E-state index contributed by atoms with van der Waals surface area (Å²) in [5.41, 5.74) is -1.05. The number of sulfone groups is 1. The second-order valence-corrected chi connectivity index (χ2v) is 7.88. The predicted octanol–water partition coefficient (Wildman–Crippen LogP) is 5.08. The van der Waals surface area contributed by atoms with Gasteiger partial charge in [-0.25, -0.2) is 13.4 Å². The van der Waals surface area contributed by atoms with Gasteiger partial charge < -0.3 is 9.84 Å². The Balaban J connectivity index is 1.97. The molecule has 0 aliphatic rings. The summed E-state index contributed by atoms with van der Waals surface area (Å²) in [5, 5.41) is 9.57. The summed E-state index contributed by atoms with van der Waals surface area (Å²) in [6.45, 7) is 0. The Morgan fingerprint density at radius 2 is 1.71 bits per heavy atom. The Bertz CT molecular complexity index is 1120. The average Bonchev–Trinajstić information content (AvgIpc) is 2.64. The summed E-state index contributed by atoms with van der Waals surface area (Å²) < 4.78 is 68.8. The van der Waals surface area contributed by atoms with Crippen molar-refractivity contribution in [2.75, 3.05) is 0 Å². The number of nitrogens with zero attached hydrogens (tertiary/aromatic N) is 1. The monoisotopic (exact) mass is 429 g/mol. The van der Waals surface area contributed by atoms with Crippen LogP contribution in [-0.4, -0.2) is 18.5 Å². The lowest BCUT2D eigenvalue weighted by Gasteiger charge is -2.12. The third-order valence-corrected chi connectivity index (χ3v) is 5.69. The summed E-state index contributed by atoms with van der Waals surface area (Å²) in [6.07, 6.45) is -4.08. The van der Waals surface area contributed by atoms with Crippen LogP contribution < -0.4 is 4.74 Å². The van der Waals surface area contributed by atoms with Crippen LogP contribution in [0.2, 0.25) is 5.02 Å². The fourth-order valence-corrected chi connectivity index (χ4v) is 3.86. The van der Waals surface area contributed by atoms with E-state index in [1.807, 2.05) is 0 Å². The van der Waals surface area contributed by atoms with E-state index in [1.165, 1.54) is 30.3 Å². The maximum atomic E-state index is 12.7. The van der Waals surface area contributed by atoms with Crippen molar-refractivity contribution in [2.45, 2.75) is 16.0 Å². The van der Waals surface area contributed by atoms with Gasteiger partial charge in [0.1, 0.15) is 21.4 Å². The molecule has 3 rings (SSSR count). The van der Waals surface area contributed by atoms with E-state index in [0.29, 0.717) is 12.3 Å². The number of alkyl halides is 3. The Hall–Kier alpha value is -2.78. The highest BCUT2D eigenvalue weighted by atomic mass is 35.5. The zero-order chi connectivity index (χ0) is 20.5. The minimum atomic E-state index is -4.62. The molecule has 0 bridgehead atoms. The molecule has 0 aliphatic heterocycles. The summed E-state index contributed by atoms with van der Waals surface area (Å²) in [5.74, 6) is -0.937. The molecular weight excluding hydrogens is 419 g/mol. The highest BCUT2D eigenvalue weighted by molar-refractivity contribution is 7.91. The van der Waals surface area contributed by atoms with Gasteiger partial charge in [-0.05, 0) is 30.3 Å². The Kier molecular flexibility index (Phi) is 5.22. The third-order valence-electron chi connectivity index (χ3n) is 3.62. The van der Waals surface area contributed by atoms with Crippen molar-refractivity contribution in [1.29, 1.82) is 0 Å². The number of hydrogen-bond donors (Lipinski definition) is 1. The van der Waals surface area contributed by atoms with Gasteiger partial charge in [0.2, 0.25) is 15.7 Å². The number of halogens is 4. The number of aromatic nitrogens is 1. The molecule has 0 unspecified atom stereocenters. The molecule has 1 heterocycles. The minimum Gasteiger partial charge on any atom is -0.507 e. The van der Waals surface area contributed by atoms with Gasteiger partial charge >= 0.3 is 6.18 Å². The van der Waals surface area contributed by atoms with Crippen LogP contribution in [-0.2, 0) is 16.0 Å². The topological polar surface area (TPSA) is 76.5 Å². The lowest BCUT2D eigenvalue weighted by molar-refractivity contribution is -0.137. The molecule has 2 aromatic carbocycles. The number of pyridine rings is 1. The van der Waals surface area contributed by atoms with Crippen molar-refractivity contribution in [1.82, 2.24) is 4.98 Å². The molecule has 10 heteroatoms. The average molecular weight is 430 g/mol. The number of phenols is 1. The zero-order valence-electron chi connectivity index (χ0n) is 13.8. The summed E-state index contributed by atoms with van der Waals surface area (Å²) in [4.78, 5) is 3.05. The summed E-state index contributed by atoms with van der Waals surface area (Å²) >= 11 is 5.79. The summed E-state index contributed by atoms with van der Waals surface area (Å²) in [7, 11) is -4.05. The molecule has 146 valence electrons. The first-order chi connectivity index (χ1) is 13.1.